The standard InChI is InChI=1S/C13H15N5/c14-9-11-2-3-12(8-13(11)15)17-4-1-6-18-7-5-16-10-18/h2-3,5,7-8,10,17H,1,4,6,15H2. The maximum Gasteiger partial charge on any atom is 0.101 e. The first-order valence-corrected chi connectivity index (χ1v) is 5.79. The van der Waals surface area contributed by atoms with E-state index < -0.39 is 0 Å². The van der Waals surface area contributed by atoms with Gasteiger partial charge in [0, 0.05) is 31.2 Å². The summed E-state index contributed by atoms with van der Waals surface area (Å²) in [6.07, 6.45) is 6.52. The number of imidazole rings is 1. The fraction of sp³-hybridized carbons (Fsp3) is 0.231. The molecule has 2 rings (SSSR count). The van der Waals surface area contributed by atoms with Crippen LogP contribution in [0.2, 0.25) is 0 Å². The molecule has 5 nitrogen and oxygen atoms in total. The predicted octanol–water partition coefficient (Wildman–Crippen LogP) is 1.84. The molecule has 1 aromatic heterocycles. The van der Waals surface area contributed by atoms with E-state index in [4.69, 9.17) is 11.0 Å². The van der Waals surface area contributed by atoms with Gasteiger partial charge in [0.15, 0.2) is 0 Å². The molecular formula is C13H15N5. The minimum Gasteiger partial charge on any atom is -0.398 e. The van der Waals surface area contributed by atoms with Crippen molar-refractivity contribution in [3.8, 4) is 6.07 Å². The maximum absolute atomic E-state index is 8.77. The number of benzene rings is 1. The Balaban J connectivity index is 1.80. The lowest BCUT2D eigenvalue weighted by Gasteiger charge is -2.08. The first-order chi connectivity index (χ1) is 8.79. The lowest BCUT2D eigenvalue weighted by molar-refractivity contribution is 0.661. The van der Waals surface area contributed by atoms with Crippen molar-refractivity contribution in [3.63, 3.8) is 0 Å². The molecule has 0 fully saturated rings. The number of hydrogen-bond acceptors (Lipinski definition) is 4. The summed E-state index contributed by atoms with van der Waals surface area (Å²) in [4.78, 5) is 3.99. The number of nitrogens with one attached hydrogen (secondary N) is 1. The Hall–Kier alpha value is -2.48. The fourth-order valence-corrected chi connectivity index (χ4v) is 1.69. The highest BCUT2D eigenvalue weighted by Gasteiger charge is 1.99. The second kappa shape index (κ2) is 5.73. The van der Waals surface area contributed by atoms with E-state index in [9.17, 15) is 0 Å². The molecule has 0 unspecified atom stereocenters. The molecule has 0 spiro atoms. The van der Waals surface area contributed by atoms with Crippen LogP contribution in [0.25, 0.3) is 0 Å². The highest BCUT2D eigenvalue weighted by atomic mass is 15.0. The summed E-state index contributed by atoms with van der Waals surface area (Å²) in [5, 5.41) is 12.0. The van der Waals surface area contributed by atoms with E-state index in [2.05, 4.69) is 10.3 Å². The van der Waals surface area contributed by atoms with Gasteiger partial charge in [-0.15, -0.1) is 0 Å². The summed E-state index contributed by atoms with van der Waals surface area (Å²) >= 11 is 0. The molecule has 92 valence electrons. The summed E-state index contributed by atoms with van der Waals surface area (Å²) in [5.41, 5.74) is 7.70. The highest BCUT2D eigenvalue weighted by molar-refractivity contribution is 5.62. The highest BCUT2D eigenvalue weighted by Crippen LogP contribution is 2.16. The predicted molar refractivity (Wildman–Crippen MR) is 70.9 cm³/mol. The van der Waals surface area contributed by atoms with Crippen molar-refractivity contribution < 1.29 is 0 Å². The van der Waals surface area contributed by atoms with Gasteiger partial charge in [-0.3, -0.25) is 0 Å². The van der Waals surface area contributed by atoms with Crippen molar-refractivity contribution in [2.24, 2.45) is 0 Å². The summed E-state index contributed by atoms with van der Waals surface area (Å²) in [6, 6.07) is 7.43. The molecule has 1 aromatic carbocycles. The quantitative estimate of drug-likeness (QED) is 0.618. The van der Waals surface area contributed by atoms with Gasteiger partial charge < -0.3 is 15.6 Å². The molecule has 0 amide bonds. The van der Waals surface area contributed by atoms with E-state index in [-0.39, 0.29) is 0 Å². The molecule has 18 heavy (non-hydrogen) atoms. The van der Waals surface area contributed by atoms with Crippen LogP contribution in [-0.2, 0) is 6.54 Å². The Morgan fingerprint density at radius 3 is 3.00 bits per heavy atom. The van der Waals surface area contributed by atoms with Gasteiger partial charge in [-0.2, -0.15) is 5.26 Å². The van der Waals surface area contributed by atoms with Crippen molar-refractivity contribution in [2.45, 2.75) is 13.0 Å². The van der Waals surface area contributed by atoms with Gasteiger partial charge in [-0.1, -0.05) is 0 Å². The second-order valence-corrected chi connectivity index (χ2v) is 3.99. The van der Waals surface area contributed by atoms with E-state index in [0.29, 0.717) is 11.3 Å². The number of hydrogen-bond donors (Lipinski definition) is 2. The van der Waals surface area contributed by atoms with Gasteiger partial charge in [0.2, 0.25) is 0 Å². The van der Waals surface area contributed by atoms with Crippen molar-refractivity contribution >= 4 is 11.4 Å². The third-order valence-electron chi connectivity index (χ3n) is 2.65. The summed E-state index contributed by atoms with van der Waals surface area (Å²) in [7, 11) is 0. The number of nitrogens with two attached hydrogens (primary N) is 1. The first kappa shape index (κ1) is 12.0. The van der Waals surface area contributed by atoms with Crippen molar-refractivity contribution in [1.29, 1.82) is 5.26 Å². The Bertz CT molecular complexity index is 539. The maximum atomic E-state index is 8.77. The van der Waals surface area contributed by atoms with Crippen LogP contribution in [0.15, 0.2) is 36.9 Å². The van der Waals surface area contributed by atoms with Crippen LogP contribution in [0.4, 0.5) is 11.4 Å². The number of nitrogens with zero attached hydrogens (tertiary/aromatic N) is 3. The molecule has 0 aliphatic carbocycles. The van der Waals surface area contributed by atoms with Gasteiger partial charge in [-0.05, 0) is 24.6 Å². The fourth-order valence-electron chi connectivity index (χ4n) is 1.69. The molecule has 0 atom stereocenters. The number of rotatable bonds is 5. The molecule has 0 saturated carbocycles. The summed E-state index contributed by atoms with van der Waals surface area (Å²) in [5.74, 6) is 0. The van der Waals surface area contributed by atoms with Gasteiger partial charge in [-0.25, -0.2) is 4.98 Å². The summed E-state index contributed by atoms with van der Waals surface area (Å²) < 4.78 is 2.04. The molecule has 0 aliphatic rings. The van der Waals surface area contributed by atoms with Crippen molar-refractivity contribution in [3.05, 3.63) is 42.5 Å². The normalized spacial score (nSPS) is 9.94. The summed E-state index contributed by atoms with van der Waals surface area (Å²) in [6.45, 7) is 1.78. The number of anilines is 2. The molecule has 5 heteroatoms. The Labute approximate surface area is 106 Å². The zero-order chi connectivity index (χ0) is 12.8. The zero-order valence-corrected chi connectivity index (χ0v) is 10.0. The molecule has 0 radical (unpaired) electrons. The molecule has 0 aliphatic heterocycles. The number of aromatic nitrogens is 2. The average Bonchev–Trinajstić information content (AvgIpc) is 2.88. The number of nitriles is 1. The van der Waals surface area contributed by atoms with E-state index in [1.54, 1.807) is 24.7 Å². The van der Waals surface area contributed by atoms with Crippen LogP contribution in [0, 0.1) is 11.3 Å². The van der Waals surface area contributed by atoms with Crippen LogP contribution >= 0.6 is 0 Å². The Morgan fingerprint density at radius 2 is 2.33 bits per heavy atom. The second-order valence-electron chi connectivity index (χ2n) is 3.99. The largest absolute Gasteiger partial charge is 0.398 e. The lowest BCUT2D eigenvalue weighted by atomic mass is 10.2. The Morgan fingerprint density at radius 1 is 1.44 bits per heavy atom. The lowest BCUT2D eigenvalue weighted by Crippen LogP contribution is -2.06. The topological polar surface area (TPSA) is 79.7 Å². The van der Waals surface area contributed by atoms with E-state index in [0.717, 1.165) is 25.2 Å². The molecule has 1 heterocycles. The van der Waals surface area contributed by atoms with Crippen LogP contribution < -0.4 is 11.1 Å². The van der Waals surface area contributed by atoms with Crippen molar-refractivity contribution in [2.75, 3.05) is 17.6 Å². The van der Waals surface area contributed by atoms with Gasteiger partial charge in [0.05, 0.1) is 17.6 Å². The SMILES string of the molecule is N#Cc1ccc(NCCCn2ccnc2)cc1N. The molecule has 0 bridgehead atoms. The van der Waals surface area contributed by atoms with Crippen LogP contribution in [0.3, 0.4) is 0 Å². The number of aryl methyl sites for hydroxylation is 1. The first-order valence-electron chi connectivity index (χ1n) is 5.79. The van der Waals surface area contributed by atoms with E-state index >= 15 is 0 Å². The van der Waals surface area contributed by atoms with Crippen LogP contribution in [0.1, 0.15) is 12.0 Å². The minimum absolute atomic E-state index is 0.511. The minimum atomic E-state index is 0.511. The molecule has 3 N–H and O–H groups in total. The number of nitrogen functional groups attached to an aromatic ring is 1. The van der Waals surface area contributed by atoms with Crippen LogP contribution in [-0.4, -0.2) is 16.1 Å². The van der Waals surface area contributed by atoms with E-state index in [1.807, 2.05) is 22.9 Å². The molecule has 2 aromatic rings. The Kier molecular flexibility index (Phi) is 3.82. The zero-order valence-electron chi connectivity index (χ0n) is 10.0. The molecular weight excluding hydrogens is 226 g/mol. The third-order valence-corrected chi connectivity index (χ3v) is 2.65. The van der Waals surface area contributed by atoms with Gasteiger partial charge >= 0.3 is 0 Å². The van der Waals surface area contributed by atoms with Gasteiger partial charge in [0.1, 0.15) is 6.07 Å². The average molecular weight is 241 g/mol. The van der Waals surface area contributed by atoms with Crippen LogP contribution in [0.5, 0.6) is 0 Å². The molecule has 0 saturated heterocycles. The van der Waals surface area contributed by atoms with Gasteiger partial charge in [0.25, 0.3) is 0 Å². The smallest absolute Gasteiger partial charge is 0.101 e. The van der Waals surface area contributed by atoms with Crippen molar-refractivity contribution in [1.82, 2.24) is 9.55 Å². The third kappa shape index (κ3) is 3.01. The van der Waals surface area contributed by atoms with E-state index in [1.165, 1.54) is 0 Å². The monoisotopic (exact) mass is 241 g/mol.